The number of nitrogens with one attached hydrogen (secondary N) is 1. The lowest BCUT2D eigenvalue weighted by Crippen LogP contribution is -2.45. The van der Waals surface area contributed by atoms with Gasteiger partial charge in [0.25, 0.3) is 0 Å². The average Bonchev–Trinajstić information content (AvgIpc) is 2.76. The van der Waals surface area contributed by atoms with Crippen molar-refractivity contribution in [3.05, 3.63) is 16.3 Å². The summed E-state index contributed by atoms with van der Waals surface area (Å²) in [6.07, 6.45) is 1.39. The Hall–Kier alpha value is -0.470. The fourth-order valence-electron chi connectivity index (χ4n) is 2.23. The Morgan fingerprint density at radius 3 is 2.89 bits per heavy atom. The van der Waals surface area contributed by atoms with E-state index in [1.165, 1.54) is 11.3 Å². The quantitative estimate of drug-likeness (QED) is 0.882. The highest BCUT2D eigenvalue weighted by molar-refractivity contribution is 7.89. The lowest BCUT2D eigenvalue weighted by Gasteiger charge is -2.35. The topological polar surface area (TPSA) is 81.4 Å². The second kappa shape index (κ2) is 5.49. The molecule has 0 amide bonds. The van der Waals surface area contributed by atoms with Gasteiger partial charge in [0.15, 0.2) is 0 Å². The Balaban J connectivity index is 2.09. The predicted molar refractivity (Wildman–Crippen MR) is 75.6 cm³/mol. The number of nitrogens with two attached hydrogens (primary N) is 1. The van der Waals surface area contributed by atoms with Gasteiger partial charge in [-0.2, -0.15) is 0 Å². The van der Waals surface area contributed by atoms with E-state index in [-0.39, 0.29) is 11.6 Å². The van der Waals surface area contributed by atoms with Gasteiger partial charge in [0.05, 0.1) is 10.5 Å². The van der Waals surface area contributed by atoms with E-state index in [1.807, 2.05) is 13.8 Å². The van der Waals surface area contributed by atoms with Gasteiger partial charge in [0.2, 0.25) is 10.0 Å². The van der Waals surface area contributed by atoms with Crippen molar-refractivity contribution in [1.82, 2.24) is 4.72 Å². The number of thiophene rings is 1. The minimum atomic E-state index is -3.45. The first-order valence-electron chi connectivity index (χ1n) is 6.26. The van der Waals surface area contributed by atoms with Crippen LogP contribution in [0.1, 0.15) is 31.6 Å². The van der Waals surface area contributed by atoms with Gasteiger partial charge >= 0.3 is 0 Å². The van der Waals surface area contributed by atoms with Crippen molar-refractivity contribution >= 4 is 21.4 Å². The van der Waals surface area contributed by atoms with Gasteiger partial charge in [-0.3, -0.25) is 0 Å². The van der Waals surface area contributed by atoms with Crippen molar-refractivity contribution in [3.63, 3.8) is 0 Å². The highest BCUT2D eigenvalue weighted by atomic mass is 32.2. The molecule has 1 fully saturated rings. The summed E-state index contributed by atoms with van der Waals surface area (Å²) >= 11 is 1.37. The molecule has 0 aromatic carbocycles. The third-order valence-electron chi connectivity index (χ3n) is 3.16. The molecular weight excluding hydrogens is 284 g/mol. The number of hydrogen-bond donors (Lipinski definition) is 2. The molecule has 2 heterocycles. The smallest absolute Gasteiger partial charge is 0.241 e. The monoisotopic (exact) mass is 304 g/mol. The Bertz CT molecular complexity index is 537. The van der Waals surface area contributed by atoms with E-state index in [4.69, 9.17) is 10.5 Å². The van der Waals surface area contributed by atoms with Gasteiger partial charge in [-0.25, -0.2) is 13.1 Å². The Kier molecular flexibility index (Phi) is 4.32. The Morgan fingerprint density at radius 1 is 1.58 bits per heavy atom. The number of hydrogen-bond acceptors (Lipinski definition) is 5. The second-order valence-electron chi connectivity index (χ2n) is 5.37. The van der Waals surface area contributed by atoms with Gasteiger partial charge in [-0.1, -0.05) is 0 Å². The van der Waals surface area contributed by atoms with E-state index in [1.54, 1.807) is 11.4 Å². The van der Waals surface area contributed by atoms with Gasteiger partial charge in [0, 0.05) is 29.5 Å². The predicted octanol–water partition coefficient (Wildman–Crippen LogP) is 1.44. The molecule has 1 saturated heterocycles. The summed E-state index contributed by atoms with van der Waals surface area (Å²) in [6, 6.07) is 1.56. The zero-order valence-electron chi connectivity index (χ0n) is 11.2. The van der Waals surface area contributed by atoms with Crippen molar-refractivity contribution in [2.24, 2.45) is 5.73 Å². The minimum absolute atomic E-state index is 0.0741. The maximum Gasteiger partial charge on any atom is 0.241 e. The van der Waals surface area contributed by atoms with Gasteiger partial charge in [-0.15, -0.1) is 11.3 Å². The molecule has 1 aliphatic rings. The zero-order chi connectivity index (χ0) is 14.1. The fraction of sp³-hybridized carbons (Fsp3) is 0.667. The van der Waals surface area contributed by atoms with Crippen LogP contribution in [-0.4, -0.2) is 26.7 Å². The summed E-state index contributed by atoms with van der Waals surface area (Å²) in [6.45, 7) is 4.90. The molecule has 108 valence electrons. The molecule has 1 aliphatic heterocycles. The molecule has 1 unspecified atom stereocenters. The highest BCUT2D eigenvalue weighted by Crippen LogP contribution is 2.26. The molecule has 5 nitrogen and oxygen atoms in total. The normalized spacial score (nSPS) is 23.4. The van der Waals surface area contributed by atoms with Crippen molar-refractivity contribution < 1.29 is 13.2 Å². The lowest BCUT2D eigenvalue weighted by molar-refractivity contribution is -0.0599. The maximum absolute atomic E-state index is 12.3. The third-order valence-corrected chi connectivity index (χ3v) is 5.77. The van der Waals surface area contributed by atoms with Gasteiger partial charge in [-0.05, 0) is 32.8 Å². The summed E-state index contributed by atoms with van der Waals surface area (Å²) in [5, 5.41) is 1.63. The molecule has 2 rings (SSSR count). The van der Waals surface area contributed by atoms with Crippen LogP contribution in [0.4, 0.5) is 0 Å². The molecule has 0 radical (unpaired) electrons. The third kappa shape index (κ3) is 3.76. The fourth-order valence-corrected chi connectivity index (χ4v) is 4.65. The van der Waals surface area contributed by atoms with E-state index >= 15 is 0 Å². The van der Waals surface area contributed by atoms with E-state index in [9.17, 15) is 8.42 Å². The van der Waals surface area contributed by atoms with Crippen LogP contribution in [0.5, 0.6) is 0 Å². The van der Waals surface area contributed by atoms with Crippen molar-refractivity contribution in [2.75, 3.05) is 6.61 Å². The van der Waals surface area contributed by atoms with Crippen LogP contribution in [0, 0.1) is 0 Å². The number of sulfonamides is 1. The standard InChI is InChI=1S/C12H20N2O3S2/c1-12(2)6-9(3-4-17-12)14-19(15,16)11-5-10(7-13)18-8-11/h5,8-9,14H,3-4,6-7,13H2,1-2H3. The van der Waals surface area contributed by atoms with Crippen molar-refractivity contribution in [3.8, 4) is 0 Å². The molecule has 0 bridgehead atoms. The van der Waals surface area contributed by atoms with Gasteiger partial charge in [0.1, 0.15) is 0 Å². The molecule has 19 heavy (non-hydrogen) atoms. The molecular formula is C12H20N2O3S2. The van der Waals surface area contributed by atoms with Gasteiger partial charge < -0.3 is 10.5 Å². The first kappa shape index (κ1) is 14.9. The van der Waals surface area contributed by atoms with Crippen LogP contribution in [0.2, 0.25) is 0 Å². The number of ether oxygens (including phenoxy) is 1. The molecule has 1 atom stereocenters. The molecule has 0 aliphatic carbocycles. The van der Waals surface area contributed by atoms with E-state index in [0.29, 0.717) is 30.9 Å². The average molecular weight is 304 g/mol. The van der Waals surface area contributed by atoms with Crippen molar-refractivity contribution in [2.45, 2.75) is 49.8 Å². The molecule has 0 saturated carbocycles. The highest BCUT2D eigenvalue weighted by Gasteiger charge is 2.31. The zero-order valence-corrected chi connectivity index (χ0v) is 12.8. The molecule has 7 heteroatoms. The SMILES string of the molecule is CC1(C)CC(NS(=O)(=O)c2csc(CN)c2)CCO1. The van der Waals surface area contributed by atoms with Crippen LogP contribution >= 0.6 is 11.3 Å². The molecule has 3 N–H and O–H groups in total. The van der Waals surface area contributed by atoms with Crippen LogP contribution in [-0.2, 0) is 21.3 Å². The second-order valence-corrected chi connectivity index (χ2v) is 8.08. The largest absolute Gasteiger partial charge is 0.375 e. The van der Waals surface area contributed by atoms with E-state index < -0.39 is 10.0 Å². The van der Waals surface area contributed by atoms with Crippen LogP contribution in [0.15, 0.2) is 16.3 Å². The minimum Gasteiger partial charge on any atom is -0.375 e. The molecule has 0 spiro atoms. The van der Waals surface area contributed by atoms with Crippen molar-refractivity contribution in [1.29, 1.82) is 0 Å². The van der Waals surface area contributed by atoms with Crippen LogP contribution in [0.3, 0.4) is 0 Å². The maximum atomic E-state index is 12.3. The van der Waals surface area contributed by atoms with E-state index in [2.05, 4.69) is 4.72 Å². The first-order valence-corrected chi connectivity index (χ1v) is 8.62. The summed E-state index contributed by atoms with van der Waals surface area (Å²) in [5.74, 6) is 0. The summed E-state index contributed by atoms with van der Waals surface area (Å²) in [5.41, 5.74) is 5.23. The van der Waals surface area contributed by atoms with E-state index in [0.717, 1.165) is 4.88 Å². The van der Waals surface area contributed by atoms with Crippen LogP contribution < -0.4 is 10.5 Å². The molecule has 1 aromatic rings. The summed E-state index contributed by atoms with van der Waals surface area (Å²) < 4.78 is 32.9. The Morgan fingerprint density at radius 2 is 2.32 bits per heavy atom. The lowest BCUT2D eigenvalue weighted by atomic mass is 9.95. The Labute approximate surface area is 118 Å². The summed E-state index contributed by atoms with van der Waals surface area (Å²) in [7, 11) is -3.45. The van der Waals surface area contributed by atoms with Crippen LogP contribution in [0.25, 0.3) is 0 Å². The molecule has 1 aromatic heterocycles. The number of rotatable bonds is 4. The summed E-state index contributed by atoms with van der Waals surface area (Å²) in [4.78, 5) is 1.18. The first-order chi connectivity index (χ1) is 8.82.